The van der Waals surface area contributed by atoms with Crippen LogP contribution in [0.1, 0.15) is 19.3 Å². The summed E-state index contributed by atoms with van der Waals surface area (Å²) in [5.74, 6) is 0. The highest BCUT2D eigenvalue weighted by atomic mass is 32.2. The van der Waals surface area contributed by atoms with Gasteiger partial charge in [0.25, 0.3) is 20.2 Å². The van der Waals surface area contributed by atoms with Gasteiger partial charge >= 0.3 is 0 Å². The zero-order chi connectivity index (χ0) is 20.5. The number of hydrogen-bond donors (Lipinski definition) is 0. The molecule has 0 saturated carbocycles. The molecule has 160 valence electrons. The largest absolute Gasteiger partial charge is 0.339 e. The van der Waals surface area contributed by atoms with Crippen LogP contribution in [0.3, 0.4) is 0 Å². The highest BCUT2D eigenvalue weighted by molar-refractivity contribution is 7.89. The van der Waals surface area contributed by atoms with Crippen LogP contribution in [-0.4, -0.2) is 104 Å². The Morgan fingerprint density at radius 1 is 1.14 bits per heavy atom. The molecule has 2 fully saturated rings. The highest BCUT2D eigenvalue weighted by Crippen LogP contribution is 2.25. The van der Waals surface area contributed by atoms with Crippen molar-refractivity contribution in [3.63, 3.8) is 0 Å². The first-order valence-corrected chi connectivity index (χ1v) is 12.4. The van der Waals surface area contributed by atoms with E-state index in [1.54, 1.807) is 11.6 Å². The van der Waals surface area contributed by atoms with Gasteiger partial charge in [0, 0.05) is 59.6 Å². The quantitative estimate of drug-likeness (QED) is 0.541. The molecule has 10 nitrogen and oxygen atoms in total. The molecular weight excluding hydrogens is 404 g/mol. The Balaban J connectivity index is 1.75. The van der Waals surface area contributed by atoms with Crippen LogP contribution < -0.4 is 0 Å². The zero-order valence-corrected chi connectivity index (χ0v) is 18.4. The molecule has 28 heavy (non-hydrogen) atoms. The second kappa shape index (κ2) is 8.36. The maximum absolute atomic E-state index is 12.9. The van der Waals surface area contributed by atoms with Gasteiger partial charge in [0.15, 0.2) is 5.03 Å². The van der Waals surface area contributed by atoms with Crippen molar-refractivity contribution in [3.05, 3.63) is 12.5 Å². The Hall–Kier alpha value is -1.05. The van der Waals surface area contributed by atoms with E-state index in [4.69, 9.17) is 0 Å². The summed E-state index contributed by atoms with van der Waals surface area (Å²) < 4.78 is 57.1. The van der Waals surface area contributed by atoms with Crippen molar-refractivity contribution in [2.45, 2.75) is 30.3 Å². The molecule has 1 aromatic rings. The van der Waals surface area contributed by atoms with Crippen molar-refractivity contribution < 1.29 is 16.8 Å². The maximum Gasteiger partial charge on any atom is 0.281 e. The van der Waals surface area contributed by atoms with Crippen molar-refractivity contribution in [1.82, 2.24) is 27.4 Å². The Bertz CT molecular complexity index is 877. The number of aromatic nitrogens is 2. The number of nitrogens with zero attached hydrogens (tertiary/aromatic N) is 6. The Kier molecular flexibility index (Phi) is 6.47. The van der Waals surface area contributed by atoms with Gasteiger partial charge in [-0.2, -0.15) is 21.3 Å². The first-order valence-electron chi connectivity index (χ1n) is 9.52. The molecule has 0 aliphatic carbocycles. The molecule has 1 atom stereocenters. The number of imidazole rings is 1. The van der Waals surface area contributed by atoms with E-state index >= 15 is 0 Å². The molecule has 0 bridgehead atoms. The lowest BCUT2D eigenvalue weighted by Crippen LogP contribution is -2.50. The average molecular weight is 435 g/mol. The van der Waals surface area contributed by atoms with Crippen molar-refractivity contribution >= 4 is 20.2 Å². The fourth-order valence-electron chi connectivity index (χ4n) is 3.76. The lowest BCUT2D eigenvalue weighted by molar-refractivity contribution is 0.252. The van der Waals surface area contributed by atoms with Crippen LogP contribution in [0.5, 0.6) is 0 Å². The minimum atomic E-state index is -3.72. The van der Waals surface area contributed by atoms with Gasteiger partial charge in [0.1, 0.15) is 0 Å². The summed E-state index contributed by atoms with van der Waals surface area (Å²) >= 11 is 0. The summed E-state index contributed by atoms with van der Waals surface area (Å²) in [4.78, 5) is 6.21. The van der Waals surface area contributed by atoms with E-state index < -0.39 is 20.2 Å². The minimum Gasteiger partial charge on any atom is -0.339 e. The normalized spacial score (nSPS) is 22.7. The highest BCUT2D eigenvalue weighted by Gasteiger charge is 2.40. The van der Waals surface area contributed by atoms with Crippen molar-refractivity contribution in [2.75, 3.05) is 53.4 Å². The molecule has 2 aliphatic rings. The molecular formula is C16H30N6O4S2. The van der Waals surface area contributed by atoms with Crippen molar-refractivity contribution in [1.29, 1.82) is 0 Å². The smallest absolute Gasteiger partial charge is 0.281 e. The second-order valence-electron chi connectivity index (χ2n) is 7.63. The van der Waals surface area contributed by atoms with Gasteiger partial charge in [-0.25, -0.2) is 13.4 Å². The number of aryl methyl sites for hydroxylation is 1. The molecule has 2 saturated heterocycles. The summed E-state index contributed by atoms with van der Waals surface area (Å²) in [5, 5.41) is -0.00488. The van der Waals surface area contributed by atoms with Crippen LogP contribution in [-0.2, 0) is 27.3 Å². The monoisotopic (exact) mass is 434 g/mol. The summed E-state index contributed by atoms with van der Waals surface area (Å²) in [6.07, 6.45) is 5.66. The predicted octanol–water partition coefficient (Wildman–Crippen LogP) is -0.613. The van der Waals surface area contributed by atoms with Crippen LogP contribution in [0.2, 0.25) is 0 Å². The SMILES string of the molecule is CN(C)S(=O)(=O)N(CCN1CCCC1)C1CCN(S(=O)(=O)c2cn(C)cn2)C1. The molecule has 0 N–H and O–H groups in total. The Morgan fingerprint density at radius 3 is 2.39 bits per heavy atom. The van der Waals surface area contributed by atoms with Crippen molar-refractivity contribution in [3.8, 4) is 0 Å². The number of rotatable bonds is 8. The van der Waals surface area contributed by atoms with Crippen LogP contribution in [0.25, 0.3) is 0 Å². The molecule has 1 unspecified atom stereocenters. The molecule has 0 spiro atoms. The van der Waals surface area contributed by atoms with E-state index in [9.17, 15) is 16.8 Å². The predicted molar refractivity (Wildman–Crippen MR) is 105 cm³/mol. The third-order valence-corrected chi connectivity index (χ3v) is 9.16. The van der Waals surface area contributed by atoms with E-state index in [1.807, 2.05) is 0 Å². The maximum atomic E-state index is 12.9. The molecule has 3 rings (SSSR count). The standard InChI is InChI=1S/C16H30N6O4S2/c1-18(2)28(25,26)22(11-10-20-7-4-5-8-20)15-6-9-21(12-15)27(23,24)16-13-19(3)14-17-16/h13-15H,4-12H2,1-3H3. The number of hydrogen-bond acceptors (Lipinski definition) is 6. The van der Waals surface area contributed by atoms with E-state index in [-0.39, 0.29) is 24.2 Å². The van der Waals surface area contributed by atoms with Gasteiger partial charge in [-0.1, -0.05) is 0 Å². The summed E-state index contributed by atoms with van der Waals surface area (Å²) in [6.45, 7) is 3.43. The van der Waals surface area contributed by atoms with E-state index in [1.165, 1.54) is 39.5 Å². The number of likely N-dealkylation sites (tertiary alicyclic amines) is 1. The van der Waals surface area contributed by atoms with Gasteiger partial charge in [-0.15, -0.1) is 0 Å². The van der Waals surface area contributed by atoms with Crippen LogP contribution >= 0.6 is 0 Å². The van der Waals surface area contributed by atoms with E-state index in [2.05, 4.69) is 9.88 Å². The molecule has 0 aromatic carbocycles. The topological polar surface area (TPSA) is 99.1 Å². The summed E-state index contributed by atoms with van der Waals surface area (Å²) in [5.41, 5.74) is 0. The molecule has 0 radical (unpaired) electrons. The fraction of sp³-hybridized carbons (Fsp3) is 0.812. The second-order valence-corrected chi connectivity index (χ2v) is 11.6. The van der Waals surface area contributed by atoms with Crippen molar-refractivity contribution in [2.24, 2.45) is 7.05 Å². The van der Waals surface area contributed by atoms with Gasteiger partial charge in [-0.3, -0.25) is 0 Å². The molecule has 0 amide bonds. The van der Waals surface area contributed by atoms with Crippen LogP contribution in [0.4, 0.5) is 0 Å². The van der Waals surface area contributed by atoms with Gasteiger partial charge < -0.3 is 9.47 Å². The van der Waals surface area contributed by atoms with E-state index in [0.29, 0.717) is 19.5 Å². The lowest BCUT2D eigenvalue weighted by Gasteiger charge is -2.31. The summed E-state index contributed by atoms with van der Waals surface area (Å²) in [6, 6.07) is -0.381. The summed E-state index contributed by atoms with van der Waals surface area (Å²) in [7, 11) is -2.64. The van der Waals surface area contributed by atoms with Gasteiger partial charge in [-0.05, 0) is 32.4 Å². The Labute approximate surface area is 167 Å². The lowest BCUT2D eigenvalue weighted by atomic mass is 10.2. The van der Waals surface area contributed by atoms with E-state index in [0.717, 1.165) is 25.9 Å². The first-order chi connectivity index (χ1) is 13.1. The third kappa shape index (κ3) is 4.41. The Morgan fingerprint density at radius 2 is 1.82 bits per heavy atom. The van der Waals surface area contributed by atoms with Gasteiger partial charge in [0.05, 0.1) is 6.33 Å². The third-order valence-electron chi connectivity index (χ3n) is 5.41. The molecule has 1 aromatic heterocycles. The van der Waals surface area contributed by atoms with Gasteiger partial charge in [0.2, 0.25) is 0 Å². The first kappa shape index (κ1) is 21.7. The van der Waals surface area contributed by atoms with Crippen LogP contribution in [0.15, 0.2) is 17.6 Å². The number of sulfonamides is 1. The fourth-order valence-corrected chi connectivity index (χ4v) is 6.50. The minimum absolute atomic E-state index is 0.00488. The van der Waals surface area contributed by atoms with Crippen LogP contribution in [0, 0.1) is 0 Å². The average Bonchev–Trinajstić information content (AvgIpc) is 3.36. The molecule has 12 heteroatoms. The zero-order valence-electron chi connectivity index (χ0n) is 16.7. The molecule has 3 heterocycles. The molecule has 2 aliphatic heterocycles.